The van der Waals surface area contributed by atoms with Gasteiger partial charge in [0, 0.05) is 51.3 Å². The minimum absolute atomic E-state index is 0.0156. The third kappa shape index (κ3) is 3.32. The SMILES string of the molecule is CC(=O)N1CCCC[C@@H]1c1ncc2c(n1)CCN(C(=O)[C@H]1CCCO1)C2. The fraction of sp³-hybridized carbons (Fsp3) is 0.684. The van der Waals surface area contributed by atoms with Crippen molar-refractivity contribution in [2.75, 3.05) is 19.7 Å². The Kier molecular flexibility index (Phi) is 4.89. The minimum Gasteiger partial charge on any atom is -0.368 e. The maximum absolute atomic E-state index is 12.6. The third-order valence-corrected chi connectivity index (χ3v) is 5.67. The lowest BCUT2D eigenvalue weighted by Crippen LogP contribution is -2.42. The third-order valence-electron chi connectivity index (χ3n) is 5.67. The van der Waals surface area contributed by atoms with Gasteiger partial charge >= 0.3 is 0 Å². The van der Waals surface area contributed by atoms with Gasteiger partial charge in [-0.2, -0.15) is 0 Å². The lowest BCUT2D eigenvalue weighted by Gasteiger charge is -2.35. The van der Waals surface area contributed by atoms with Gasteiger partial charge in [0.2, 0.25) is 5.91 Å². The van der Waals surface area contributed by atoms with Crippen LogP contribution in [0.1, 0.15) is 62.2 Å². The normalized spacial score (nSPS) is 25.9. The highest BCUT2D eigenvalue weighted by Gasteiger charge is 2.32. The van der Waals surface area contributed by atoms with E-state index >= 15 is 0 Å². The van der Waals surface area contributed by atoms with Crippen molar-refractivity contribution in [3.63, 3.8) is 0 Å². The van der Waals surface area contributed by atoms with Crippen LogP contribution in [0.15, 0.2) is 6.20 Å². The van der Waals surface area contributed by atoms with Crippen LogP contribution >= 0.6 is 0 Å². The second-order valence-corrected chi connectivity index (χ2v) is 7.44. The average Bonchev–Trinajstić information content (AvgIpc) is 3.21. The first-order valence-electron chi connectivity index (χ1n) is 9.66. The summed E-state index contributed by atoms with van der Waals surface area (Å²) in [5.41, 5.74) is 2.02. The van der Waals surface area contributed by atoms with Gasteiger partial charge < -0.3 is 14.5 Å². The summed E-state index contributed by atoms with van der Waals surface area (Å²) in [6, 6.07) is -0.0156. The number of amides is 2. The first kappa shape index (κ1) is 17.4. The molecule has 0 bridgehead atoms. The molecule has 0 saturated carbocycles. The van der Waals surface area contributed by atoms with E-state index in [-0.39, 0.29) is 24.0 Å². The van der Waals surface area contributed by atoms with Crippen LogP contribution in [-0.4, -0.2) is 57.4 Å². The van der Waals surface area contributed by atoms with Crippen LogP contribution in [-0.2, 0) is 27.3 Å². The van der Waals surface area contributed by atoms with Crippen molar-refractivity contribution in [3.8, 4) is 0 Å². The first-order chi connectivity index (χ1) is 12.6. The Morgan fingerprint density at radius 1 is 1.19 bits per heavy atom. The van der Waals surface area contributed by atoms with Crippen molar-refractivity contribution in [2.24, 2.45) is 0 Å². The Labute approximate surface area is 153 Å². The second-order valence-electron chi connectivity index (χ2n) is 7.44. The molecule has 0 unspecified atom stereocenters. The molecule has 2 amide bonds. The molecule has 0 aliphatic carbocycles. The number of hydrogen-bond donors (Lipinski definition) is 0. The van der Waals surface area contributed by atoms with Gasteiger partial charge in [0.05, 0.1) is 11.7 Å². The fourth-order valence-corrected chi connectivity index (χ4v) is 4.23. The van der Waals surface area contributed by atoms with Crippen molar-refractivity contribution in [3.05, 3.63) is 23.3 Å². The Bertz CT molecular complexity index is 702. The number of ether oxygens (including phenoxy) is 1. The minimum atomic E-state index is -0.275. The van der Waals surface area contributed by atoms with E-state index in [9.17, 15) is 9.59 Å². The number of carbonyl (C=O) groups is 2. The van der Waals surface area contributed by atoms with Crippen LogP contribution in [0, 0.1) is 0 Å². The van der Waals surface area contributed by atoms with Crippen molar-refractivity contribution in [1.29, 1.82) is 0 Å². The molecule has 0 spiro atoms. The van der Waals surface area contributed by atoms with Crippen LogP contribution in [0.5, 0.6) is 0 Å². The predicted molar refractivity (Wildman–Crippen MR) is 94.1 cm³/mol. The molecule has 3 aliphatic heterocycles. The van der Waals surface area contributed by atoms with E-state index in [1.807, 2.05) is 16.0 Å². The number of likely N-dealkylation sites (tertiary alicyclic amines) is 1. The summed E-state index contributed by atoms with van der Waals surface area (Å²) in [5.74, 6) is 0.925. The lowest BCUT2D eigenvalue weighted by atomic mass is 10.00. The van der Waals surface area contributed by atoms with E-state index in [1.165, 1.54) is 0 Å². The van der Waals surface area contributed by atoms with Gasteiger partial charge in [0.25, 0.3) is 5.91 Å². The van der Waals surface area contributed by atoms with Gasteiger partial charge in [-0.05, 0) is 32.1 Å². The highest BCUT2D eigenvalue weighted by Crippen LogP contribution is 2.30. The van der Waals surface area contributed by atoms with Crippen LogP contribution in [0.25, 0.3) is 0 Å². The zero-order chi connectivity index (χ0) is 18.1. The van der Waals surface area contributed by atoms with E-state index < -0.39 is 0 Å². The predicted octanol–water partition coefficient (Wildman–Crippen LogP) is 1.61. The molecule has 4 rings (SSSR count). The molecule has 2 saturated heterocycles. The van der Waals surface area contributed by atoms with Crippen molar-refractivity contribution < 1.29 is 14.3 Å². The van der Waals surface area contributed by atoms with Crippen molar-refractivity contribution in [2.45, 2.75) is 64.1 Å². The average molecular weight is 358 g/mol. The largest absolute Gasteiger partial charge is 0.368 e. The molecule has 4 heterocycles. The maximum atomic E-state index is 12.6. The van der Waals surface area contributed by atoms with Gasteiger partial charge in [-0.15, -0.1) is 0 Å². The lowest BCUT2D eigenvalue weighted by molar-refractivity contribution is -0.142. The molecule has 0 N–H and O–H groups in total. The molecule has 1 aromatic heterocycles. The summed E-state index contributed by atoms with van der Waals surface area (Å²) in [6.07, 6.45) is 7.14. The highest BCUT2D eigenvalue weighted by molar-refractivity contribution is 5.81. The highest BCUT2D eigenvalue weighted by atomic mass is 16.5. The Balaban J connectivity index is 1.50. The van der Waals surface area contributed by atoms with Gasteiger partial charge in [0.15, 0.2) is 5.82 Å². The topological polar surface area (TPSA) is 75.6 Å². The molecule has 7 nitrogen and oxygen atoms in total. The van der Waals surface area contributed by atoms with Crippen LogP contribution in [0.3, 0.4) is 0 Å². The molecule has 0 aromatic carbocycles. The Morgan fingerprint density at radius 2 is 2.08 bits per heavy atom. The summed E-state index contributed by atoms with van der Waals surface area (Å²) < 4.78 is 5.53. The fourth-order valence-electron chi connectivity index (χ4n) is 4.23. The molecule has 7 heteroatoms. The number of hydrogen-bond acceptors (Lipinski definition) is 5. The second kappa shape index (κ2) is 7.31. The monoisotopic (exact) mass is 358 g/mol. The van der Waals surface area contributed by atoms with Gasteiger partial charge in [0.1, 0.15) is 6.10 Å². The van der Waals surface area contributed by atoms with E-state index in [4.69, 9.17) is 9.72 Å². The van der Waals surface area contributed by atoms with Crippen LogP contribution in [0.4, 0.5) is 0 Å². The van der Waals surface area contributed by atoms with E-state index in [0.717, 1.165) is 62.2 Å². The van der Waals surface area contributed by atoms with Gasteiger partial charge in [-0.25, -0.2) is 9.97 Å². The summed E-state index contributed by atoms with van der Waals surface area (Å²) in [5, 5.41) is 0. The maximum Gasteiger partial charge on any atom is 0.252 e. The van der Waals surface area contributed by atoms with Crippen molar-refractivity contribution in [1.82, 2.24) is 19.8 Å². The number of carbonyl (C=O) groups excluding carboxylic acids is 2. The van der Waals surface area contributed by atoms with Gasteiger partial charge in [-0.3, -0.25) is 9.59 Å². The molecule has 26 heavy (non-hydrogen) atoms. The Hall–Kier alpha value is -2.02. The number of aromatic nitrogens is 2. The number of nitrogens with zero attached hydrogens (tertiary/aromatic N) is 4. The molecule has 1 aromatic rings. The molecular weight excluding hydrogens is 332 g/mol. The summed E-state index contributed by atoms with van der Waals surface area (Å²) in [7, 11) is 0. The molecular formula is C19H26N4O3. The van der Waals surface area contributed by atoms with E-state index in [2.05, 4.69) is 4.98 Å². The van der Waals surface area contributed by atoms with Gasteiger partial charge in [-0.1, -0.05) is 0 Å². The van der Waals surface area contributed by atoms with E-state index in [1.54, 1.807) is 6.92 Å². The quantitative estimate of drug-likeness (QED) is 0.803. The smallest absolute Gasteiger partial charge is 0.252 e. The molecule has 3 aliphatic rings. The molecule has 2 fully saturated rings. The molecule has 140 valence electrons. The molecule has 0 radical (unpaired) electrons. The number of piperidine rings is 1. The standard InChI is InChI=1S/C19H26N4O3/c1-13(24)23-8-3-2-5-16(23)18-20-11-14-12-22(9-7-15(14)21-18)19(25)17-6-4-10-26-17/h11,16-17H,2-10,12H2,1H3/t16-,17-/m1/s1. The number of fused-ring (bicyclic) bond motifs is 1. The zero-order valence-electron chi connectivity index (χ0n) is 15.3. The summed E-state index contributed by atoms with van der Waals surface area (Å²) in [4.78, 5) is 37.6. The van der Waals surface area contributed by atoms with Crippen LogP contribution in [0.2, 0.25) is 0 Å². The summed E-state index contributed by atoms with van der Waals surface area (Å²) >= 11 is 0. The molecule has 2 atom stereocenters. The number of rotatable bonds is 2. The van der Waals surface area contributed by atoms with Crippen LogP contribution < -0.4 is 0 Å². The zero-order valence-corrected chi connectivity index (χ0v) is 15.3. The van der Waals surface area contributed by atoms with Crippen molar-refractivity contribution >= 4 is 11.8 Å². The first-order valence-corrected chi connectivity index (χ1v) is 9.66. The van der Waals surface area contributed by atoms with E-state index in [0.29, 0.717) is 19.7 Å². The Morgan fingerprint density at radius 3 is 2.85 bits per heavy atom. The summed E-state index contributed by atoms with van der Waals surface area (Å²) in [6.45, 7) is 4.30.